The van der Waals surface area contributed by atoms with E-state index >= 15 is 0 Å². The molecule has 3 amide bonds. The predicted molar refractivity (Wildman–Crippen MR) is 113 cm³/mol. The standard InChI is InChI=1S/C21H26N4O4/c1-15(26)22-16-5-4-6-17(13-16)24-9-11-25(12-10-24)21(27)23-19-14-18(28-2)7-8-20(19)29-3/h4-8,13-14H,9-12H2,1-3H3,(H,22,26)(H,23,27). The summed E-state index contributed by atoms with van der Waals surface area (Å²) in [5.74, 6) is 1.12. The van der Waals surface area contributed by atoms with Crippen molar-refractivity contribution in [3.63, 3.8) is 0 Å². The Morgan fingerprint density at radius 1 is 0.931 bits per heavy atom. The van der Waals surface area contributed by atoms with Gasteiger partial charge in [-0.2, -0.15) is 0 Å². The van der Waals surface area contributed by atoms with E-state index in [1.807, 2.05) is 24.3 Å². The van der Waals surface area contributed by atoms with Crippen LogP contribution in [-0.2, 0) is 4.79 Å². The van der Waals surface area contributed by atoms with Gasteiger partial charge in [0.05, 0.1) is 19.9 Å². The number of anilines is 3. The molecule has 154 valence electrons. The van der Waals surface area contributed by atoms with E-state index in [1.54, 1.807) is 37.3 Å². The number of nitrogens with zero attached hydrogens (tertiary/aromatic N) is 2. The first-order valence-corrected chi connectivity index (χ1v) is 9.40. The molecule has 0 saturated carbocycles. The van der Waals surface area contributed by atoms with E-state index in [9.17, 15) is 9.59 Å². The van der Waals surface area contributed by atoms with Gasteiger partial charge in [-0.3, -0.25) is 4.79 Å². The van der Waals surface area contributed by atoms with Crippen LogP contribution in [0.1, 0.15) is 6.92 Å². The molecule has 1 fully saturated rings. The van der Waals surface area contributed by atoms with Crippen molar-refractivity contribution in [2.24, 2.45) is 0 Å². The molecule has 0 atom stereocenters. The summed E-state index contributed by atoms with van der Waals surface area (Å²) in [5.41, 5.74) is 2.35. The minimum atomic E-state index is -0.178. The molecular weight excluding hydrogens is 372 g/mol. The van der Waals surface area contributed by atoms with Crippen LogP contribution in [0.4, 0.5) is 21.9 Å². The summed E-state index contributed by atoms with van der Waals surface area (Å²) < 4.78 is 10.5. The highest BCUT2D eigenvalue weighted by Gasteiger charge is 2.22. The molecule has 1 aliphatic heterocycles. The molecule has 0 radical (unpaired) electrons. The molecule has 0 bridgehead atoms. The molecule has 0 unspecified atom stereocenters. The van der Waals surface area contributed by atoms with Crippen molar-refractivity contribution in [1.29, 1.82) is 0 Å². The van der Waals surface area contributed by atoms with Gasteiger partial charge in [0, 0.05) is 50.5 Å². The molecule has 8 nitrogen and oxygen atoms in total. The molecular formula is C21H26N4O4. The largest absolute Gasteiger partial charge is 0.497 e. The van der Waals surface area contributed by atoms with Gasteiger partial charge in [-0.05, 0) is 30.3 Å². The lowest BCUT2D eigenvalue weighted by molar-refractivity contribution is -0.114. The highest BCUT2D eigenvalue weighted by atomic mass is 16.5. The van der Waals surface area contributed by atoms with Crippen LogP contribution >= 0.6 is 0 Å². The quantitative estimate of drug-likeness (QED) is 0.809. The Labute approximate surface area is 170 Å². The SMILES string of the molecule is COc1ccc(OC)c(NC(=O)N2CCN(c3cccc(NC(C)=O)c3)CC2)c1. The second-order valence-corrected chi connectivity index (χ2v) is 6.70. The van der Waals surface area contributed by atoms with E-state index in [0.717, 1.165) is 11.4 Å². The fourth-order valence-electron chi connectivity index (χ4n) is 3.26. The Morgan fingerprint density at radius 3 is 2.34 bits per heavy atom. The Hall–Kier alpha value is -3.42. The number of amides is 3. The zero-order valence-corrected chi connectivity index (χ0v) is 16.9. The van der Waals surface area contributed by atoms with Crippen LogP contribution in [0.15, 0.2) is 42.5 Å². The third-order valence-electron chi connectivity index (χ3n) is 4.75. The van der Waals surface area contributed by atoms with Crippen LogP contribution in [0.25, 0.3) is 0 Å². The molecule has 1 saturated heterocycles. The highest BCUT2D eigenvalue weighted by molar-refractivity contribution is 5.91. The first kappa shape index (κ1) is 20.3. The molecule has 0 aromatic heterocycles. The molecule has 8 heteroatoms. The minimum absolute atomic E-state index is 0.100. The van der Waals surface area contributed by atoms with Crippen molar-refractivity contribution in [1.82, 2.24) is 4.90 Å². The lowest BCUT2D eigenvalue weighted by Crippen LogP contribution is -2.50. The number of ether oxygens (including phenoxy) is 2. The Morgan fingerprint density at radius 2 is 1.69 bits per heavy atom. The number of benzene rings is 2. The Bertz CT molecular complexity index is 879. The Kier molecular flexibility index (Phi) is 6.43. The number of methoxy groups -OCH3 is 2. The van der Waals surface area contributed by atoms with E-state index in [2.05, 4.69) is 15.5 Å². The van der Waals surface area contributed by atoms with Crippen LogP contribution in [-0.4, -0.2) is 57.2 Å². The first-order chi connectivity index (χ1) is 14.0. The lowest BCUT2D eigenvalue weighted by atomic mass is 10.2. The van der Waals surface area contributed by atoms with Gasteiger partial charge in [-0.25, -0.2) is 4.79 Å². The van der Waals surface area contributed by atoms with Crippen molar-refractivity contribution in [3.05, 3.63) is 42.5 Å². The number of carbonyl (C=O) groups is 2. The average Bonchev–Trinajstić information content (AvgIpc) is 2.73. The van der Waals surface area contributed by atoms with Crippen LogP contribution in [0.2, 0.25) is 0 Å². The molecule has 1 aliphatic rings. The molecule has 0 aliphatic carbocycles. The van der Waals surface area contributed by atoms with Gasteiger partial charge >= 0.3 is 6.03 Å². The number of carbonyl (C=O) groups excluding carboxylic acids is 2. The lowest BCUT2D eigenvalue weighted by Gasteiger charge is -2.36. The third-order valence-corrected chi connectivity index (χ3v) is 4.75. The van der Waals surface area contributed by atoms with Crippen molar-refractivity contribution >= 4 is 29.0 Å². The summed E-state index contributed by atoms with van der Waals surface area (Å²) in [7, 11) is 3.14. The molecule has 2 N–H and O–H groups in total. The maximum atomic E-state index is 12.7. The van der Waals surface area contributed by atoms with E-state index in [0.29, 0.717) is 43.4 Å². The van der Waals surface area contributed by atoms with Gasteiger partial charge in [0.2, 0.25) is 5.91 Å². The number of hydrogen-bond donors (Lipinski definition) is 2. The highest BCUT2D eigenvalue weighted by Crippen LogP contribution is 2.29. The summed E-state index contributed by atoms with van der Waals surface area (Å²) in [4.78, 5) is 27.9. The number of hydrogen-bond acceptors (Lipinski definition) is 5. The van der Waals surface area contributed by atoms with E-state index in [1.165, 1.54) is 6.92 Å². The maximum absolute atomic E-state index is 12.7. The molecule has 29 heavy (non-hydrogen) atoms. The average molecular weight is 398 g/mol. The summed E-state index contributed by atoms with van der Waals surface area (Å²) in [6, 6.07) is 12.8. The van der Waals surface area contributed by atoms with E-state index < -0.39 is 0 Å². The zero-order chi connectivity index (χ0) is 20.8. The Balaban J connectivity index is 1.61. The topological polar surface area (TPSA) is 83.1 Å². The number of nitrogens with one attached hydrogen (secondary N) is 2. The number of rotatable bonds is 5. The second kappa shape index (κ2) is 9.18. The fraction of sp³-hybridized carbons (Fsp3) is 0.333. The minimum Gasteiger partial charge on any atom is -0.497 e. The van der Waals surface area contributed by atoms with Crippen molar-refractivity contribution in [2.75, 3.05) is 55.9 Å². The van der Waals surface area contributed by atoms with Crippen LogP contribution in [0.5, 0.6) is 11.5 Å². The number of piperazine rings is 1. The smallest absolute Gasteiger partial charge is 0.322 e. The predicted octanol–water partition coefficient (Wildman–Crippen LogP) is 3.02. The molecule has 0 spiro atoms. The second-order valence-electron chi connectivity index (χ2n) is 6.70. The van der Waals surface area contributed by atoms with Crippen molar-refractivity contribution in [3.8, 4) is 11.5 Å². The third kappa shape index (κ3) is 5.10. The van der Waals surface area contributed by atoms with E-state index in [4.69, 9.17) is 9.47 Å². The molecule has 2 aromatic carbocycles. The van der Waals surface area contributed by atoms with Gasteiger partial charge in [0.1, 0.15) is 11.5 Å². The van der Waals surface area contributed by atoms with Crippen LogP contribution in [0, 0.1) is 0 Å². The van der Waals surface area contributed by atoms with Crippen LogP contribution < -0.4 is 25.0 Å². The van der Waals surface area contributed by atoms with Gasteiger partial charge in [-0.1, -0.05) is 6.07 Å². The monoisotopic (exact) mass is 398 g/mol. The van der Waals surface area contributed by atoms with Crippen molar-refractivity contribution < 1.29 is 19.1 Å². The van der Waals surface area contributed by atoms with Gasteiger partial charge in [-0.15, -0.1) is 0 Å². The molecule has 3 rings (SSSR count). The van der Waals surface area contributed by atoms with Gasteiger partial charge in [0.15, 0.2) is 0 Å². The normalized spacial score (nSPS) is 13.6. The number of urea groups is 1. The zero-order valence-electron chi connectivity index (χ0n) is 16.9. The van der Waals surface area contributed by atoms with Gasteiger partial charge in [0.25, 0.3) is 0 Å². The van der Waals surface area contributed by atoms with Crippen molar-refractivity contribution in [2.45, 2.75) is 6.92 Å². The summed E-state index contributed by atoms with van der Waals surface area (Å²) in [5, 5.41) is 5.70. The van der Waals surface area contributed by atoms with Gasteiger partial charge < -0.3 is 29.9 Å². The first-order valence-electron chi connectivity index (χ1n) is 9.40. The van der Waals surface area contributed by atoms with E-state index in [-0.39, 0.29) is 11.9 Å². The summed E-state index contributed by atoms with van der Waals surface area (Å²) in [6.07, 6.45) is 0. The summed E-state index contributed by atoms with van der Waals surface area (Å²) in [6.45, 7) is 4.06. The molecule has 1 heterocycles. The molecule has 2 aromatic rings. The fourth-order valence-corrected chi connectivity index (χ4v) is 3.26. The summed E-state index contributed by atoms with van der Waals surface area (Å²) >= 11 is 0. The van der Waals surface area contributed by atoms with Crippen LogP contribution in [0.3, 0.4) is 0 Å². The maximum Gasteiger partial charge on any atom is 0.322 e.